The lowest BCUT2D eigenvalue weighted by atomic mass is 9.85. The van der Waals surface area contributed by atoms with E-state index in [9.17, 15) is 9.90 Å². The number of ether oxygens (including phenoxy) is 1. The summed E-state index contributed by atoms with van der Waals surface area (Å²) in [6.45, 7) is 0. The fourth-order valence-electron chi connectivity index (χ4n) is 4.16. The van der Waals surface area contributed by atoms with Crippen LogP contribution in [0.3, 0.4) is 0 Å². The highest BCUT2D eigenvalue weighted by atomic mass is 16.5. The van der Waals surface area contributed by atoms with Gasteiger partial charge in [-0.1, -0.05) is 66.7 Å². The van der Waals surface area contributed by atoms with Crippen LogP contribution in [-0.2, 0) is 0 Å². The monoisotopic (exact) mass is 408 g/mol. The number of azo groups is 1. The third-order valence-electron chi connectivity index (χ3n) is 5.76. The van der Waals surface area contributed by atoms with Crippen LogP contribution in [0.2, 0.25) is 0 Å². The topological polar surface area (TPSA) is 71.2 Å². The first-order valence-corrected chi connectivity index (χ1v) is 10.1. The Morgan fingerprint density at radius 1 is 0.839 bits per heavy atom. The molecule has 0 radical (unpaired) electrons. The van der Waals surface area contributed by atoms with Crippen LogP contribution in [0.1, 0.15) is 39.0 Å². The summed E-state index contributed by atoms with van der Waals surface area (Å²) in [6, 6.07) is 24.5. The molecular weight excluding hydrogens is 388 g/mol. The first-order valence-electron chi connectivity index (χ1n) is 10.1. The zero-order valence-electron chi connectivity index (χ0n) is 16.9. The minimum Gasteiger partial charge on any atom is -0.506 e. The smallest absolute Gasteiger partial charge is 0.199 e. The second kappa shape index (κ2) is 7.69. The molecule has 5 nitrogen and oxygen atoms in total. The lowest BCUT2D eigenvalue weighted by Gasteiger charge is -2.25. The summed E-state index contributed by atoms with van der Waals surface area (Å²) in [5.74, 6) is 0.362. The Hall–Kier alpha value is -3.99. The number of aliphatic hydroxyl groups excluding tert-OH is 1. The molecule has 3 aromatic rings. The number of fused-ring (bicyclic) bond motifs is 1. The Labute approximate surface area is 180 Å². The molecule has 0 spiro atoms. The molecule has 1 aliphatic carbocycles. The van der Waals surface area contributed by atoms with Crippen LogP contribution in [0, 0.1) is 0 Å². The highest BCUT2D eigenvalue weighted by molar-refractivity contribution is 6.22. The third-order valence-corrected chi connectivity index (χ3v) is 5.76. The van der Waals surface area contributed by atoms with Crippen LogP contribution in [0.15, 0.2) is 106 Å². The number of hydrogen-bond donors (Lipinski definition) is 1. The van der Waals surface area contributed by atoms with Gasteiger partial charge in [0.25, 0.3) is 0 Å². The van der Waals surface area contributed by atoms with Crippen molar-refractivity contribution in [2.45, 2.75) is 12.0 Å². The number of Topliss-reactive ketones (excluding diaryl/α,β-unsaturated/α-hetero) is 1. The van der Waals surface area contributed by atoms with Crippen molar-refractivity contribution in [1.29, 1.82) is 0 Å². The lowest BCUT2D eigenvalue weighted by molar-refractivity contribution is 0.103. The van der Waals surface area contributed by atoms with Gasteiger partial charge in [-0.05, 0) is 29.3 Å². The number of ketones is 1. The van der Waals surface area contributed by atoms with Gasteiger partial charge in [0.1, 0.15) is 17.6 Å². The predicted octanol–water partition coefficient (Wildman–Crippen LogP) is 6.04. The molecule has 1 heterocycles. The van der Waals surface area contributed by atoms with Crippen molar-refractivity contribution in [2.24, 2.45) is 10.2 Å². The fourth-order valence-corrected chi connectivity index (χ4v) is 4.16. The van der Waals surface area contributed by atoms with E-state index >= 15 is 0 Å². The fraction of sp³-hybridized carbons (Fsp3) is 0.115. The number of hydrogen-bond acceptors (Lipinski definition) is 5. The van der Waals surface area contributed by atoms with Gasteiger partial charge in [-0.3, -0.25) is 4.79 Å². The minimum atomic E-state index is -0.251. The van der Waals surface area contributed by atoms with Gasteiger partial charge in [0.15, 0.2) is 5.78 Å². The Morgan fingerprint density at radius 2 is 1.52 bits per heavy atom. The number of nitrogens with zero attached hydrogens (tertiary/aromatic N) is 2. The molecule has 3 aromatic carbocycles. The minimum absolute atomic E-state index is 0.0412. The van der Waals surface area contributed by atoms with Crippen molar-refractivity contribution in [3.63, 3.8) is 0 Å². The Kier molecular flexibility index (Phi) is 4.71. The van der Waals surface area contributed by atoms with Crippen LogP contribution < -0.4 is 4.74 Å². The van der Waals surface area contributed by atoms with E-state index in [1.807, 2.05) is 60.7 Å². The number of aliphatic hydroxyl groups is 1. The molecule has 0 unspecified atom stereocenters. The average Bonchev–Trinajstić information content (AvgIpc) is 3.09. The van der Waals surface area contributed by atoms with E-state index in [1.54, 1.807) is 31.4 Å². The van der Waals surface area contributed by atoms with Gasteiger partial charge in [-0.25, -0.2) is 0 Å². The second-order valence-corrected chi connectivity index (χ2v) is 7.52. The highest BCUT2D eigenvalue weighted by Crippen LogP contribution is 2.44. The molecule has 0 saturated carbocycles. The predicted molar refractivity (Wildman–Crippen MR) is 118 cm³/mol. The molecule has 0 fully saturated rings. The summed E-state index contributed by atoms with van der Waals surface area (Å²) in [7, 11) is 1.63. The zero-order valence-corrected chi connectivity index (χ0v) is 16.9. The molecule has 0 aromatic heterocycles. The molecule has 0 bridgehead atoms. The van der Waals surface area contributed by atoms with Gasteiger partial charge >= 0.3 is 0 Å². The van der Waals surface area contributed by atoms with E-state index in [4.69, 9.17) is 4.74 Å². The summed E-state index contributed by atoms with van der Waals surface area (Å²) in [4.78, 5) is 13.0. The van der Waals surface area contributed by atoms with E-state index in [-0.39, 0.29) is 29.1 Å². The van der Waals surface area contributed by atoms with Crippen molar-refractivity contribution >= 4 is 11.5 Å². The third kappa shape index (κ3) is 3.24. The number of carbonyl (C=O) groups is 1. The first kappa shape index (κ1) is 19.0. The number of methoxy groups -OCH3 is 1. The molecule has 5 rings (SSSR count). The molecule has 5 heteroatoms. The second-order valence-electron chi connectivity index (χ2n) is 7.52. The van der Waals surface area contributed by atoms with Crippen LogP contribution in [0.25, 0.3) is 5.76 Å². The van der Waals surface area contributed by atoms with E-state index in [0.29, 0.717) is 16.8 Å². The normalized spacial score (nSPS) is 19.9. The van der Waals surface area contributed by atoms with Crippen LogP contribution >= 0.6 is 0 Å². The van der Waals surface area contributed by atoms with E-state index in [0.717, 1.165) is 16.9 Å². The summed E-state index contributed by atoms with van der Waals surface area (Å²) in [5.41, 5.74) is 3.68. The largest absolute Gasteiger partial charge is 0.506 e. The maximum atomic E-state index is 13.0. The van der Waals surface area contributed by atoms with Gasteiger partial charge in [-0.15, -0.1) is 0 Å². The lowest BCUT2D eigenvalue weighted by Crippen LogP contribution is -2.13. The number of carbonyl (C=O) groups excluding carboxylic acids is 1. The molecule has 1 aliphatic heterocycles. The van der Waals surface area contributed by atoms with Crippen molar-refractivity contribution in [2.75, 3.05) is 7.11 Å². The number of benzene rings is 3. The molecule has 2 atom stereocenters. The first-order chi connectivity index (χ1) is 15.2. The molecular formula is C26H20N2O3. The van der Waals surface area contributed by atoms with Gasteiger partial charge in [0, 0.05) is 17.0 Å². The van der Waals surface area contributed by atoms with Crippen molar-refractivity contribution in [1.82, 2.24) is 0 Å². The van der Waals surface area contributed by atoms with Crippen LogP contribution in [-0.4, -0.2) is 18.0 Å². The average molecular weight is 408 g/mol. The van der Waals surface area contributed by atoms with Gasteiger partial charge in [0.2, 0.25) is 0 Å². The van der Waals surface area contributed by atoms with E-state index in [2.05, 4.69) is 10.2 Å². The summed E-state index contributed by atoms with van der Waals surface area (Å²) < 4.78 is 5.27. The summed E-state index contributed by atoms with van der Waals surface area (Å²) >= 11 is 0. The van der Waals surface area contributed by atoms with E-state index < -0.39 is 0 Å². The highest BCUT2D eigenvalue weighted by Gasteiger charge is 2.35. The van der Waals surface area contributed by atoms with Gasteiger partial charge in [-0.2, -0.15) is 10.2 Å². The summed E-state index contributed by atoms with van der Waals surface area (Å²) in [6.07, 6.45) is 1.94. The molecule has 1 N–H and O–H groups in total. The molecule has 2 aliphatic rings. The van der Waals surface area contributed by atoms with E-state index in [1.165, 1.54) is 0 Å². The summed E-state index contributed by atoms with van der Waals surface area (Å²) in [5, 5.41) is 19.7. The maximum Gasteiger partial charge on any atom is 0.199 e. The SMILES string of the molecule is COc1ccc([C@@H]2N=NC(C3=C(O)c4ccccc4C3=O)=C[C@H]2c2ccccc2)cc1. The van der Waals surface area contributed by atoms with Gasteiger partial charge < -0.3 is 9.84 Å². The Bertz CT molecular complexity index is 1240. The van der Waals surface area contributed by atoms with Crippen LogP contribution in [0.5, 0.6) is 5.75 Å². The number of allylic oxidation sites excluding steroid dienone is 1. The van der Waals surface area contributed by atoms with Crippen molar-refractivity contribution < 1.29 is 14.6 Å². The maximum absolute atomic E-state index is 13.0. The quantitative estimate of drug-likeness (QED) is 0.572. The van der Waals surface area contributed by atoms with Crippen LogP contribution in [0.4, 0.5) is 0 Å². The molecule has 31 heavy (non-hydrogen) atoms. The Balaban J connectivity index is 1.58. The molecule has 152 valence electrons. The van der Waals surface area contributed by atoms with Gasteiger partial charge in [0.05, 0.1) is 18.4 Å². The number of rotatable bonds is 4. The molecule has 0 amide bonds. The van der Waals surface area contributed by atoms with Crippen molar-refractivity contribution in [3.05, 3.63) is 118 Å². The zero-order chi connectivity index (χ0) is 21.4. The van der Waals surface area contributed by atoms with Crippen molar-refractivity contribution in [3.8, 4) is 5.75 Å². The Morgan fingerprint density at radius 3 is 2.19 bits per heavy atom. The molecule has 0 saturated heterocycles. The standard InChI is InChI=1S/C26H20N2O3/c1-31-18-13-11-17(12-14-18)24-21(16-7-3-2-4-8-16)15-22(27-28-24)23-25(29)19-9-5-6-10-20(19)26(23)30/h2-15,21,24,29H,1H3/t21-,24-/m0/s1.